The van der Waals surface area contributed by atoms with Gasteiger partial charge in [-0.15, -0.1) is 0 Å². The summed E-state index contributed by atoms with van der Waals surface area (Å²) in [4.78, 5) is 20.8. The van der Waals surface area contributed by atoms with Crippen molar-refractivity contribution >= 4 is 6.09 Å². The molecule has 2 atom stereocenters. The smallest absolute Gasteiger partial charge is 0.410 e. The van der Waals surface area contributed by atoms with Crippen molar-refractivity contribution in [1.29, 1.82) is 0 Å². The fourth-order valence-corrected chi connectivity index (χ4v) is 3.75. The average molecular weight is 355 g/mol. The van der Waals surface area contributed by atoms with Crippen LogP contribution in [0.1, 0.15) is 31.1 Å². The Bertz CT molecular complexity index is 760. The van der Waals surface area contributed by atoms with Gasteiger partial charge in [0.15, 0.2) is 0 Å². The first-order valence-electron chi connectivity index (χ1n) is 9.22. The summed E-state index contributed by atoms with van der Waals surface area (Å²) >= 11 is 0. The molecule has 0 spiro atoms. The Hall–Kier alpha value is -2.41. The van der Waals surface area contributed by atoms with E-state index in [1.807, 2.05) is 34.0 Å². The van der Waals surface area contributed by atoms with Crippen molar-refractivity contribution in [2.75, 3.05) is 19.6 Å². The second-order valence-electron chi connectivity index (χ2n) is 7.37. The number of hydrogen-bond acceptors (Lipinski definition) is 5. The molecule has 0 saturated carbocycles. The van der Waals surface area contributed by atoms with Crippen LogP contribution in [0.2, 0.25) is 0 Å². The highest BCUT2D eigenvalue weighted by Crippen LogP contribution is 2.28. The fourth-order valence-electron chi connectivity index (χ4n) is 3.75. The van der Waals surface area contributed by atoms with Crippen molar-refractivity contribution in [2.45, 2.75) is 45.0 Å². The van der Waals surface area contributed by atoms with E-state index in [0.717, 1.165) is 31.7 Å². The Morgan fingerprint density at radius 1 is 1.31 bits per heavy atom. The minimum Gasteiger partial charge on any atom is -0.442 e. The van der Waals surface area contributed by atoms with Gasteiger partial charge in [-0.25, -0.2) is 4.79 Å². The van der Waals surface area contributed by atoms with Gasteiger partial charge in [0.25, 0.3) is 0 Å². The molecule has 2 aliphatic rings. The maximum atomic E-state index is 12.2. The minimum atomic E-state index is -0.191. The van der Waals surface area contributed by atoms with E-state index < -0.39 is 0 Å². The summed E-state index contributed by atoms with van der Waals surface area (Å²) in [6.07, 6.45) is 6.34. The van der Waals surface area contributed by atoms with Crippen LogP contribution < -0.4 is 0 Å². The van der Waals surface area contributed by atoms with E-state index in [-0.39, 0.29) is 18.2 Å². The highest BCUT2D eigenvalue weighted by molar-refractivity contribution is 5.71. The molecule has 2 fully saturated rings. The number of likely N-dealkylation sites (tertiary alicyclic amines) is 1. The zero-order valence-corrected chi connectivity index (χ0v) is 15.3. The van der Waals surface area contributed by atoms with Crippen molar-refractivity contribution in [3.05, 3.63) is 48.0 Å². The zero-order valence-electron chi connectivity index (χ0n) is 15.3. The Morgan fingerprint density at radius 3 is 2.92 bits per heavy atom. The van der Waals surface area contributed by atoms with Crippen molar-refractivity contribution in [1.82, 2.24) is 24.6 Å². The lowest BCUT2D eigenvalue weighted by atomic mass is 10.2. The normalized spacial score (nSPS) is 22.9. The Labute approximate surface area is 153 Å². The second kappa shape index (κ2) is 7.07. The quantitative estimate of drug-likeness (QED) is 0.794. The van der Waals surface area contributed by atoms with Crippen LogP contribution in [0.4, 0.5) is 4.79 Å². The number of carbonyl (C=O) groups is 1. The first kappa shape index (κ1) is 17.0. The standard InChI is InChI=1S/C19H25N5O2/c1-14(2)24-11-15(9-21-24)10-22-12-17-18(13-22)26-19(25)23(17)8-6-16-5-3-4-7-20-16/h3-5,7,9,11,14,17-18H,6,8,10,12-13H2,1-2H3/t17-,18+/m0/s1. The van der Waals surface area contributed by atoms with Crippen LogP contribution in [-0.2, 0) is 17.7 Å². The molecule has 0 N–H and O–H groups in total. The maximum absolute atomic E-state index is 12.2. The van der Waals surface area contributed by atoms with Crippen LogP contribution >= 0.6 is 0 Å². The maximum Gasteiger partial charge on any atom is 0.410 e. The Morgan fingerprint density at radius 2 is 2.19 bits per heavy atom. The number of hydrogen-bond donors (Lipinski definition) is 0. The lowest BCUT2D eigenvalue weighted by Gasteiger charge is -2.22. The molecule has 4 heterocycles. The highest BCUT2D eigenvalue weighted by atomic mass is 16.6. The van der Waals surface area contributed by atoms with Crippen molar-refractivity contribution in [3.8, 4) is 0 Å². The lowest BCUT2D eigenvalue weighted by molar-refractivity contribution is 0.120. The molecule has 0 radical (unpaired) electrons. The third kappa shape index (κ3) is 3.44. The molecular formula is C19H25N5O2. The van der Waals surface area contributed by atoms with Gasteiger partial charge in [-0.3, -0.25) is 19.5 Å². The minimum absolute atomic E-state index is 0.0358. The van der Waals surface area contributed by atoms with Crippen LogP contribution in [0, 0.1) is 0 Å². The van der Waals surface area contributed by atoms with E-state index in [1.54, 1.807) is 6.20 Å². The van der Waals surface area contributed by atoms with Crippen LogP contribution in [0.3, 0.4) is 0 Å². The van der Waals surface area contributed by atoms with Crippen LogP contribution in [-0.4, -0.2) is 62.4 Å². The second-order valence-corrected chi connectivity index (χ2v) is 7.37. The third-order valence-corrected chi connectivity index (χ3v) is 5.12. The predicted molar refractivity (Wildman–Crippen MR) is 96.6 cm³/mol. The largest absolute Gasteiger partial charge is 0.442 e. The molecule has 2 saturated heterocycles. The molecular weight excluding hydrogens is 330 g/mol. The number of pyridine rings is 1. The zero-order chi connectivity index (χ0) is 18.1. The van der Waals surface area contributed by atoms with Gasteiger partial charge in [-0.05, 0) is 26.0 Å². The van der Waals surface area contributed by atoms with Gasteiger partial charge < -0.3 is 4.74 Å². The number of amides is 1. The molecule has 138 valence electrons. The molecule has 2 aromatic rings. The molecule has 2 aliphatic heterocycles. The first-order chi connectivity index (χ1) is 12.6. The summed E-state index contributed by atoms with van der Waals surface area (Å²) in [5.74, 6) is 0. The monoisotopic (exact) mass is 355 g/mol. The van der Waals surface area contributed by atoms with Crippen LogP contribution in [0.5, 0.6) is 0 Å². The molecule has 7 heteroatoms. The summed E-state index contributed by atoms with van der Waals surface area (Å²) < 4.78 is 7.58. The summed E-state index contributed by atoms with van der Waals surface area (Å²) in [5.41, 5.74) is 2.20. The molecule has 4 rings (SSSR count). The van der Waals surface area contributed by atoms with Gasteiger partial charge in [-0.2, -0.15) is 5.10 Å². The van der Waals surface area contributed by atoms with E-state index >= 15 is 0 Å². The van der Waals surface area contributed by atoms with Gasteiger partial charge in [0.2, 0.25) is 0 Å². The molecule has 1 amide bonds. The van der Waals surface area contributed by atoms with Crippen molar-refractivity contribution in [3.63, 3.8) is 0 Å². The average Bonchev–Trinajstić information content (AvgIpc) is 3.30. The number of fused-ring (bicyclic) bond motifs is 1. The van der Waals surface area contributed by atoms with Gasteiger partial charge in [0.05, 0.1) is 12.2 Å². The summed E-state index contributed by atoms with van der Waals surface area (Å²) in [7, 11) is 0. The van der Waals surface area contributed by atoms with Gasteiger partial charge in [0, 0.05) is 62.3 Å². The van der Waals surface area contributed by atoms with E-state index in [0.29, 0.717) is 12.6 Å². The van der Waals surface area contributed by atoms with Crippen molar-refractivity contribution in [2.24, 2.45) is 0 Å². The van der Waals surface area contributed by atoms with Gasteiger partial charge in [-0.1, -0.05) is 6.07 Å². The third-order valence-electron chi connectivity index (χ3n) is 5.12. The summed E-state index contributed by atoms with van der Waals surface area (Å²) in [6.45, 7) is 7.35. The summed E-state index contributed by atoms with van der Waals surface area (Å²) in [6, 6.07) is 6.37. The number of aromatic nitrogens is 3. The molecule has 0 aliphatic carbocycles. The van der Waals surface area contributed by atoms with Crippen molar-refractivity contribution < 1.29 is 9.53 Å². The number of nitrogens with zero attached hydrogens (tertiary/aromatic N) is 5. The SMILES string of the molecule is CC(C)n1cc(CN2C[C@H]3OC(=O)N(CCc4ccccn4)[C@H]3C2)cn1. The summed E-state index contributed by atoms with van der Waals surface area (Å²) in [5, 5.41) is 4.41. The van der Waals surface area contributed by atoms with Gasteiger partial charge >= 0.3 is 6.09 Å². The van der Waals surface area contributed by atoms with E-state index in [2.05, 4.69) is 35.0 Å². The van der Waals surface area contributed by atoms with E-state index in [4.69, 9.17) is 4.74 Å². The van der Waals surface area contributed by atoms with Gasteiger partial charge in [0.1, 0.15) is 6.10 Å². The van der Waals surface area contributed by atoms with Crippen LogP contribution in [0.25, 0.3) is 0 Å². The highest BCUT2D eigenvalue weighted by Gasteiger charge is 2.47. The van der Waals surface area contributed by atoms with Crippen LogP contribution in [0.15, 0.2) is 36.8 Å². The topological polar surface area (TPSA) is 63.5 Å². The first-order valence-corrected chi connectivity index (χ1v) is 9.22. The molecule has 2 aromatic heterocycles. The number of ether oxygens (including phenoxy) is 1. The lowest BCUT2D eigenvalue weighted by Crippen LogP contribution is -2.39. The molecule has 0 unspecified atom stereocenters. The molecule has 0 aromatic carbocycles. The van der Waals surface area contributed by atoms with E-state index in [1.165, 1.54) is 5.56 Å². The fraction of sp³-hybridized carbons (Fsp3) is 0.526. The molecule has 7 nitrogen and oxygen atoms in total. The molecule has 26 heavy (non-hydrogen) atoms. The Kier molecular flexibility index (Phi) is 4.63. The van der Waals surface area contributed by atoms with E-state index in [9.17, 15) is 4.79 Å². The molecule has 0 bridgehead atoms. The number of carbonyl (C=O) groups excluding carboxylic acids is 1. The number of rotatable bonds is 6. The Balaban J connectivity index is 1.36. The predicted octanol–water partition coefficient (Wildman–Crippen LogP) is 2.11.